The fraction of sp³-hybridized carbons (Fsp3) is 0.400. The van der Waals surface area contributed by atoms with E-state index in [1.54, 1.807) is 13.3 Å². The van der Waals surface area contributed by atoms with Crippen LogP contribution in [0.1, 0.15) is 51.6 Å². The predicted octanol–water partition coefficient (Wildman–Crippen LogP) is 3.68. The van der Waals surface area contributed by atoms with Crippen LogP contribution < -0.4 is 4.74 Å². The van der Waals surface area contributed by atoms with Crippen LogP contribution in [0.3, 0.4) is 0 Å². The Morgan fingerprint density at radius 1 is 1.19 bits per heavy atom. The molecule has 7 heteroatoms. The van der Waals surface area contributed by atoms with Gasteiger partial charge in [-0.05, 0) is 55.7 Å². The summed E-state index contributed by atoms with van der Waals surface area (Å²) in [6, 6.07) is 11.5. The SMILES string of the molecule is COc1ccc(C(=O)N2CCC(c3c4c(nn3-c3ccccn3)CCOC4)CC2)c(C)c1. The van der Waals surface area contributed by atoms with Crippen LogP contribution in [-0.2, 0) is 17.8 Å². The van der Waals surface area contributed by atoms with Crippen LogP contribution in [-0.4, -0.2) is 52.4 Å². The van der Waals surface area contributed by atoms with Crippen molar-refractivity contribution in [3.8, 4) is 11.6 Å². The first-order valence-electron chi connectivity index (χ1n) is 11.2. The van der Waals surface area contributed by atoms with Crippen LogP contribution in [0.4, 0.5) is 0 Å². The van der Waals surface area contributed by atoms with Gasteiger partial charge in [0.2, 0.25) is 0 Å². The van der Waals surface area contributed by atoms with Gasteiger partial charge in [0.15, 0.2) is 5.82 Å². The summed E-state index contributed by atoms with van der Waals surface area (Å²) in [4.78, 5) is 19.7. The third-order valence-corrected chi connectivity index (χ3v) is 6.54. The van der Waals surface area contributed by atoms with E-state index < -0.39 is 0 Å². The number of piperidine rings is 1. The van der Waals surface area contributed by atoms with E-state index in [9.17, 15) is 4.79 Å². The quantitative estimate of drug-likeness (QED) is 0.629. The molecule has 5 rings (SSSR count). The highest BCUT2D eigenvalue weighted by Gasteiger charge is 2.32. The van der Waals surface area contributed by atoms with Gasteiger partial charge in [0, 0.05) is 42.8 Å². The maximum Gasteiger partial charge on any atom is 0.254 e. The Balaban J connectivity index is 1.38. The summed E-state index contributed by atoms with van der Waals surface area (Å²) in [6.07, 6.45) is 4.42. The molecule has 166 valence electrons. The maximum atomic E-state index is 13.2. The summed E-state index contributed by atoms with van der Waals surface area (Å²) in [5, 5.41) is 4.91. The van der Waals surface area contributed by atoms with Crippen molar-refractivity contribution >= 4 is 5.91 Å². The molecule has 2 aromatic heterocycles. The number of aromatic nitrogens is 3. The number of amides is 1. The van der Waals surface area contributed by atoms with Crippen molar-refractivity contribution in [2.45, 2.75) is 38.7 Å². The van der Waals surface area contributed by atoms with E-state index in [0.29, 0.717) is 19.1 Å². The number of fused-ring (bicyclic) bond motifs is 1. The molecule has 2 aliphatic heterocycles. The standard InChI is InChI=1S/C25H28N4O3/c1-17-15-19(31-2)6-7-20(17)25(30)28-12-8-18(9-13-28)24-21-16-32-14-10-22(21)27-29(24)23-5-3-4-11-26-23/h3-7,11,15,18H,8-10,12-14,16H2,1-2H3. The zero-order valence-electron chi connectivity index (χ0n) is 18.6. The number of nitrogens with zero attached hydrogens (tertiary/aromatic N) is 4. The second kappa shape index (κ2) is 8.74. The first-order valence-corrected chi connectivity index (χ1v) is 11.2. The van der Waals surface area contributed by atoms with Gasteiger partial charge >= 0.3 is 0 Å². The van der Waals surface area contributed by atoms with Crippen LogP contribution in [0, 0.1) is 6.92 Å². The lowest BCUT2D eigenvalue weighted by molar-refractivity contribution is 0.0708. The van der Waals surface area contributed by atoms with Gasteiger partial charge in [0.1, 0.15) is 5.75 Å². The average molecular weight is 433 g/mol. The van der Waals surface area contributed by atoms with Crippen LogP contribution in [0.5, 0.6) is 5.75 Å². The molecule has 0 aliphatic carbocycles. The Hall–Kier alpha value is -3.19. The van der Waals surface area contributed by atoms with E-state index >= 15 is 0 Å². The molecule has 0 bridgehead atoms. The van der Waals surface area contributed by atoms with Crippen molar-refractivity contribution in [2.24, 2.45) is 0 Å². The molecule has 32 heavy (non-hydrogen) atoms. The monoisotopic (exact) mass is 432 g/mol. The average Bonchev–Trinajstić information content (AvgIpc) is 3.24. The van der Waals surface area contributed by atoms with Gasteiger partial charge in [-0.2, -0.15) is 5.10 Å². The molecule has 0 unspecified atom stereocenters. The van der Waals surface area contributed by atoms with Gasteiger partial charge in [-0.25, -0.2) is 9.67 Å². The molecular formula is C25H28N4O3. The zero-order chi connectivity index (χ0) is 22.1. The molecule has 1 aromatic carbocycles. The minimum absolute atomic E-state index is 0.0900. The third kappa shape index (κ3) is 3.77. The van der Waals surface area contributed by atoms with E-state index in [4.69, 9.17) is 14.6 Å². The Labute approximate surface area is 188 Å². The van der Waals surface area contributed by atoms with Gasteiger partial charge in [-0.15, -0.1) is 0 Å². The Bertz CT molecular complexity index is 1120. The number of aryl methyl sites for hydroxylation is 1. The number of pyridine rings is 1. The van der Waals surface area contributed by atoms with Gasteiger partial charge in [0.25, 0.3) is 5.91 Å². The Kier molecular flexibility index (Phi) is 5.66. The summed E-state index contributed by atoms with van der Waals surface area (Å²) >= 11 is 0. The van der Waals surface area contributed by atoms with Crippen molar-refractivity contribution in [3.63, 3.8) is 0 Å². The number of benzene rings is 1. The third-order valence-electron chi connectivity index (χ3n) is 6.54. The summed E-state index contributed by atoms with van der Waals surface area (Å²) in [7, 11) is 1.64. The highest BCUT2D eigenvalue weighted by atomic mass is 16.5. The number of carbonyl (C=O) groups is 1. The van der Waals surface area contributed by atoms with E-state index in [-0.39, 0.29) is 5.91 Å². The number of rotatable bonds is 4. The van der Waals surface area contributed by atoms with E-state index in [2.05, 4.69) is 4.98 Å². The van der Waals surface area contributed by atoms with Gasteiger partial charge in [0.05, 0.1) is 31.7 Å². The highest BCUT2D eigenvalue weighted by Crippen LogP contribution is 2.35. The lowest BCUT2D eigenvalue weighted by Gasteiger charge is -2.33. The topological polar surface area (TPSA) is 69.5 Å². The number of hydrogen-bond acceptors (Lipinski definition) is 5. The van der Waals surface area contributed by atoms with E-state index in [1.807, 2.05) is 52.9 Å². The van der Waals surface area contributed by atoms with E-state index in [0.717, 1.165) is 60.7 Å². The van der Waals surface area contributed by atoms with Crippen molar-refractivity contribution in [1.82, 2.24) is 19.7 Å². The lowest BCUT2D eigenvalue weighted by atomic mass is 9.89. The van der Waals surface area contributed by atoms with Crippen molar-refractivity contribution < 1.29 is 14.3 Å². The second-order valence-corrected chi connectivity index (χ2v) is 8.46. The molecule has 0 atom stereocenters. The molecule has 1 fully saturated rings. The van der Waals surface area contributed by atoms with Crippen molar-refractivity contribution in [3.05, 3.63) is 70.7 Å². The Morgan fingerprint density at radius 2 is 2.03 bits per heavy atom. The molecule has 0 spiro atoms. The summed E-state index contributed by atoms with van der Waals surface area (Å²) < 4.78 is 13.1. The molecule has 3 aromatic rings. The van der Waals surface area contributed by atoms with Crippen LogP contribution in [0.15, 0.2) is 42.6 Å². The molecule has 0 radical (unpaired) electrons. The molecular weight excluding hydrogens is 404 g/mol. The molecule has 1 amide bonds. The maximum absolute atomic E-state index is 13.2. The largest absolute Gasteiger partial charge is 0.497 e. The van der Waals surface area contributed by atoms with Crippen LogP contribution in [0.25, 0.3) is 5.82 Å². The summed E-state index contributed by atoms with van der Waals surface area (Å²) in [6.45, 7) is 4.71. The molecule has 0 saturated carbocycles. The van der Waals surface area contributed by atoms with Crippen LogP contribution >= 0.6 is 0 Å². The number of methoxy groups -OCH3 is 1. The minimum atomic E-state index is 0.0900. The molecule has 7 nitrogen and oxygen atoms in total. The van der Waals surface area contributed by atoms with Gasteiger partial charge < -0.3 is 14.4 Å². The number of likely N-dealkylation sites (tertiary alicyclic amines) is 1. The summed E-state index contributed by atoms with van der Waals surface area (Å²) in [5.41, 5.74) is 5.21. The van der Waals surface area contributed by atoms with Crippen LogP contribution in [0.2, 0.25) is 0 Å². The molecule has 1 saturated heterocycles. The highest BCUT2D eigenvalue weighted by molar-refractivity contribution is 5.95. The lowest BCUT2D eigenvalue weighted by Crippen LogP contribution is -2.38. The smallest absolute Gasteiger partial charge is 0.254 e. The Morgan fingerprint density at radius 3 is 2.75 bits per heavy atom. The molecule has 2 aliphatic rings. The zero-order valence-corrected chi connectivity index (χ0v) is 18.6. The fourth-order valence-electron chi connectivity index (χ4n) is 4.81. The summed E-state index contributed by atoms with van der Waals surface area (Å²) in [5.74, 6) is 2.01. The first kappa shape index (κ1) is 20.7. The molecule has 0 N–H and O–H groups in total. The van der Waals surface area contributed by atoms with Crippen molar-refractivity contribution in [1.29, 1.82) is 0 Å². The predicted molar refractivity (Wildman–Crippen MR) is 120 cm³/mol. The van der Waals surface area contributed by atoms with Gasteiger partial charge in [-0.3, -0.25) is 4.79 Å². The fourth-order valence-corrected chi connectivity index (χ4v) is 4.81. The van der Waals surface area contributed by atoms with Gasteiger partial charge in [-0.1, -0.05) is 6.07 Å². The number of hydrogen-bond donors (Lipinski definition) is 0. The minimum Gasteiger partial charge on any atom is -0.497 e. The first-order chi connectivity index (χ1) is 15.7. The normalized spacial score (nSPS) is 16.6. The number of ether oxygens (including phenoxy) is 2. The number of carbonyl (C=O) groups excluding carboxylic acids is 1. The van der Waals surface area contributed by atoms with Crippen molar-refractivity contribution in [2.75, 3.05) is 26.8 Å². The molecule has 4 heterocycles. The second-order valence-electron chi connectivity index (χ2n) is 8.46. The van der Waals surface area contributed by atoms with E-state index in [1.165, 1.54) is 11.3 Å².